The minimum atomic E-state index is -0.0486. The third-order valence-electron chi connectivity index (χ3n) is 3.55. The number of carbonyl (C=O) groups is 1. The highest BCUT2D eigenvalue weighted by atomic mass is 16.1. The summed E-state index contributed by atoms with van der Waals surface area (Å²) < 4.78 is 0. The van der Waals surface area contributed by atoms with Gasteiger partial charge in [0, 0.05) is 30.4 Å². The van der Waals surface area contributed by atoms with E-state index in [2.05, 4.69) is 10.6 Å². The number of aryl methyl sites for hydroxylation is 1. The number of hydrogen-bond donors (Lipinski definition) is 3. The lowest BCUT2D eigenvalue weighted by Gasteiger charge is -2.16. The fraction of sp³-hybridized carbons (Fsp3) is 0.500. The Kier molecular flexibility index (Phi) is 3.87. The number of nitrogens with two attached hydrogens (primary N) is 1. The Bertz CT molecular complexity index is 445. The van der Waals surface area contributed by atoms with Gasteiger partial charge in [-0.05, 0) is 49.9 Å². The predicted molar refractivity (Wildman–Crippen MR) is 73.8 cm³/mol. The number of hydrogen-bond acceptors (Lipinski definition) is 3. The van der Waals surface area contributed by atoms with E-state index < -0.39 is 0 Å². The summed E-state index contributed by atoms with van der Waals surface area (Å²) >= 11 is 0. The Hall–Kier alpha value is -1.55. The first-order valence-electron chi connectivity index (χ1n) is 6.45. The van der Waals surface area contributed by atoms with Gasteiger partial charge in [-0.1, -0.05) is 0 Å². The van der Waals surface area contributed by atoms with Crippen LogP contribution in [0, 0.1) is 6.92 Å². The first-order valence-corrected chi connectivity index (χ1v) is 6.45. The van der Waals surface area contributed by atoms with Crippen LogP contribution in [0.25, 0.3) is 0 Å². The molecule has 4 heteroatoms. The molecule has 1 saturated carbocycles. The van der Waals surface area contributed by atoms with Crippen molar-refractivity contribution in [2.24, 2.45) is 5.73 Å². The topological polar surface area (TPSA) is 67.2 Å². The highest BCUT2D eigenvalue weighted by Gasteiger charge is 2.21. The van der Waals surface area contributed by atoms with Crippen molar-refractivity contribution in [1.82, 2.24) is 5.32 Å². The zero-order valence-corrected chi connectivity index (χ0v) is 11.0. The first-order chi connectivity index (χ1) is 8.60. The molecule has 0 saturated heterocycles. The Morgan fingerprint density at radius 3 is 2.72 bits per heavy atom. The molecule has 2 unspecified atom stereocenters. The van der Waals surface area contributed by atoms with Gasteiger partial charge < -0.3 is 16.4 Å². The number of carbonyl (C=O) groups excluding carboxylic acids is 1. The van der Waals surface area contributed by atoms with Gasteiger partial charge in [-0.15, -0.1) is 0 Å². The van der Waals surface area contributed by atoms with E-state index in [4.69, 9.17) is 5.73 Å². The predicted octanol–water partition coefficient (Wildman–Crippen LogP) is 1.65. The molecule has 4 N–H and O–H groups in total. The van der Waals surface area contributed by atoms with Crippen LogP contribution < -0.4 is 16.4 Å². The highest BCUT2D eigenvalue weighted by molar-refractivity contribution is 5.94. The zero-order valence-electron chi connectivity index (χ0n) is 11.0. The van der Waals surface area contributed by atoms with Crippen LogP contribution in [0.15, 0.2) is 18.2 Å². The minimum Gasteiger partial charge on any atom is -0.382 e. The maximum atomic E-state index is 11.5. The lowest BCUT2D eigenvalue weighted by Crippen LogP contribution is -2.21. The number of rotatable bonds is 3. The molecular formula is C14H21N3O. The summed E-state index contributed by atoms with van der Waals surface area (Å²) in [6.45, 7) is 2.02. The number of nitrogens with one attached hydrogen (secondary N) is 2. The van der Waals surface area contributed by atoms with Crippen molar-refractivity contribution in [2.45, 2.75) is 38.3 Å². The standard InChI is InChI=1S/C14H21N3O/c1-9-7-10(14(18)16-2)3-6-13(9)17-12-5-4-11(15)8-12/h3,6-7,11-12,17H,4-5,8,15H2,1-2H3,(H,16,18). The van der Waals surface area contributed by atoms with Crippen LogP contribution in [0.4, 0.5) is 5.69 Å². The van der Waals surface area contributed by atoms with Crippen LogP contribution in [0.5, 0.6) is 0 Å². The van der Waals surface area contributed by atoms with Crippen molar-refractivity contribution in [1.29, 1.82) is 0 Å². The second-order valence-corrected chi connectivity index (χ2v) is 5.02. The van der Waals surface area contributed by atoms with Gasteiger partial charge in [0.2, 0.25) is 0 Å². The Balaban J connectivity index is 2.08. The Morgan fingerprint density at radius 2 is 2.17 bits per heavy atom. The van der Waals surface area contributed by atoms with Crippen molar-refractivity contribution in [3.8, 4) is 0 Å². The second kappa shape index (κ2) is 5.40. The largest absolute Gasteiger partial charge is 0.382 e. The van der Waals surface area contributed by atoms with Crippen molar-refractivity contribution in [3.05, 3.63) is 29.3 Å². The van der Waals surface area contributed by atoms with E-state index in [1.165, 1.54) is 0 Å². The molecule has 1 aliphatic carbocycles. The van der Waals surface area contributed by atoms with Crippen LogP contribution in [0.2, 0.25) is 0 Å². The van der Waals surface area contributed by atoms with Crippen LogP contribution in [-0.2, 0) is 0 Å². The first kappa shape index (κ1) is 12.9. The number of benzene rings is 1. The summed E-state index contributed by atoms with van der Waals surface area (Å²) in [6.07, 6.45) is 3.24. The summed E-state index contributed by atoms with van der Waals surface area (Å²) in [5, 5.41) is 6.14. The van der Waals surface area contributed by atoms with E-state index in [1.54, 1.807) is 7.05 Å². The lowest BCUT2D eigenvalue weighted by molar-refractivity contribution is 0.0963. The molecule has 1 aliphatic rings. The van der Waals surface area contributed by atoms with E-state index >= 15 is 0 Å². The van der Waals surface area contributed by atoms with Crippen molar-refractivity contribution in [3.63, 3.8) is 0 Å². The van der Waals surface area contributed by atoms with E-state index in [9.17, 15) is 4.79 Å². The fourth-order valence-electron chi connectivity index (χ4n) is 2.48. The average Bonchev–Trinajstić information content (AvgIpc) is 2.76. The van der Waals surface area contributed by atoms with Gasteiger partial charge in [0.15, 0.2) is 0 Å². The van der Waals surface area contributed by atoms with E-state index in [1.807, 2.05) is 25.1 Å². The lowest BCUT2D eigenvalue weighted by atomic mass is 10.1. The van der Waals surface area contributed by atoms with Crippen molar-refractivity contribution < 1.29 is 4.79 Å². The Morgan fingerprint density at radius 1 is 1.39 bits per heavy atom. The quantitative estimate of drug-likeness (QED) is 0.760. The molecular weight excluding hydrogens is 226 g/mol. The van der Waals surface area contributed by atoms with Crippen LogP contribution in [-0.4, -0.2) is 25.0 Å². The molecule has 0 heterocycles. The van der Waals surface area contributed by atoms with Gasteiger partial charge in [-0.3, -0.25) is 4.79 Å². The second-order valence-electron chi connectivity index (χ2n) is 5.02. The van der Waals surface area contributed by atoms with Crippen LogP contribution in [0.1, 0.15) is 35.2 Å². The molecule has 1 amide bonds. The molecule has 0 radical (unpaired) electrons. The summed E-state index contributed by atoms with van der Waals surface area (Å²) in [6, 6.07) is 6.53. The van der Waals surface area contributed by atoms with E-state index in [0.717, 1.165) is 30.5 Å². The van der Waals surface area contributed by atoms with Gasteiger partial charge >= 0.3 is 0 Å². The zero-order chi connectivity index (χ0) is 13.1. The summed E-state index contributed by atoms with van der Waals surface area (Å²) in [5.41, 5.74) is 8.80. The van der Waals surface area contributed by atoms with E-state index in [-0.39, 0.29) is 5.91 Å². The molecule has 1 aromatic carbocycles. The molecule has 1 fully saturated rings. The third kappa shape index (κ3) is 2.82. The molecule has 2 atom stereocenters. The van der Waals surface area contributed by atoms with Gasteiger partial charge in [0.1, 0.15) is 0 Å². The molecule has 0 aliphatic heterocycles. The molecule has 1 aromatic rings. The maximum Gasteiger partial charge on any atom is 0.251 e. The molecule has 0 spiro atoms. The van der Waals surface area contributed by atoms with Gasteiger partial charge in [0.05, 0.1) is 0 Å². The summed E-state index contributed by atoms with van der Waals surface area (Å²) in [4.78, 5) is 11.5. The molecule has 2 rings (SSSR count). The molecule has 18 heavy (non-hydrogen) atoms. The maximum absolute atomic E-state index is 11.5. The SMILES string of the molecule is CNC(=O)c1ccc(NC2CCC(N)C2)c(C)c1. The summed E-state index contributed by atoms with van der Waals surface area (Å²) in [7, 11) is 1.64. The van der Waals surface area contributed by atoms with E-state index in [0.29, 0.717) is 17.6 Å². The Labute approximate surface area is 108 Å². The van der Waals surface area contributed by atoms with Crippen LogP contribution >= 0.6 is 0 Å². The summed E-state index contributed by atoms with van der Waals surface area (Å²) in [5.74, 6) is -0.0486. The highest BCUT2D eigenvalue weighted by Crippen LogP contribution is 2.24. The van der Waals surface area contributed by atoms with Gasteiger partial charge in [-0.25, -0.2) is 0 Å². The number of amides is 1. The number of anilines is 1. The third-order valence-corrected chi connectivity index (χ3v) is 3.55. The fourth-order valence-corrected chi connectivity index (χ4v) is 2.48. The molecule has 98 valence electrons. The van der Waals surface area contributed by atoms with Gasteiger partial charge in [0.25, 0.3) is 5.91 Å². The molecule has 4 nitrogen and oxygen atoms in total. The van der Waals surface area contributed by atoms with Gasteiger partial charge in [-0.2, -0.15) is 0 Å². The van der Waals surface area contributed by atoms with Crippen molar-refractivity contribution >= 4 is 11.6 Å². The van der Waals surface area contributed by atoms with Crippen LogP contribution in [0.3, 0.4) is 0 Å². The monoisotopic (exact) mass is 247 g/mol. The normalized spacial score (nSPS) is 22.8. The molecule has 0 bridgehead atoms. The smallest absolute Gasteiger partial charge is 0.251 e. The average molecular weight is 247 g/mol. The molecule has 0 aromatic heterocycles. The van der Waals surface area contributed by atoms with Crippen molar-refractivity contribution in [2.75, 3.05) is 12.4 Å². The minimum absolute atomic E-state index is 0.0486.